The molecule has 0 fully saturated rings. The summed E-state index contributed by atoms with van der Waals surface area (Å²) in [7, 11) is -2.82. The fraction of sp³-hybridized carbons (Fsp3) is 0.348. The first-order valence-corrected chi connectivity index (χ1v) is 19.4. The van der Waals surface area contributed by atoms with Gasteiger partial charge in [-0.25, -0.2) is 9.78 Å². The Morgan fingerprint density at radius 2 is 1.94 bits per heavy atom. The van der Waals surface area contributed by atoms with Crippen LogP contribution in [-0.2, 0) is 42.1 Å². The molecule has 0 amide bonds. The van der Waals surface area contributed by atoms with Gasteiger partial charge < -0.3 is 18.6 Å². The van der Waals surface area contributed by atoms with Gasteiger partial charge in [-0.15, -0.1) is 0 Å². The van der Waals surface area contributed by atoms with E-state index in [9.17, 15) is 14.2 Å². The molecular formula is C23H23I2N2O6P. The molecule has 0 N–H and O–H groups in total. The second-order valence-electron chi connectivity index (χ2n) is 8.40. The van der Waals surface area contributed by atoms with E-state index in [1.165, 1.54) is 13.3 Å². The minimum absolute atomic E-state index is 0.120. The van der Waals surface area contributed by atoms with Crippen LogP contribution in [0.3, 0.4) is 0 Å². The number of nitrogens with zero attached hydrogens (tertiary/aromatic N) is 2. The van der Waals surface area contributed by atoms with Gasteiger partial charge in [-0.1, -0.05) is 25.1 Å². The van der Waals surface area contributed by atoms with Crippen LogP contribution in [0.15, 0.2) is 41.2 Å². The molecule has 1 aromatic carbocycles. The van der Waals surface area contributed by atoms with Gasteiger partial charge in [0.2, 0.25) is 0 Å². The number of carbonyl (C=O) groups excluding carboxylic acids is 1. The van der Waals surface area contributed by atoms with E-state index in [2.05, 4.69) is 37.2 Å². The molecule has 0 spiro atoms. The second kappa shape index (κ2) is 9.96. The number of aromatic nitrogens is 2. The van der Waals surface area contributed by atoms with Crippen molar-refractivity contribution < 1.29 is 23.4 Å². The van der Waals surface area contributed by atoms with Crippen molar-refractivity contribution in [3.8, 4) is 11.4 Å². The van der Waals surface area contributed by atoms with E-state index in [1.807, 2.05) is 36.4 Å². The zero-order valence-corrected chi connectivity index (χ0v) is 24.0. The predicted octanol–water partition coefficient (Wildman–Crippen LogP) is 5.39. The number of pyridine rings is 2. The summed E-state index contributed by atoms with van der Waals surface area (Å²) in [5, 5.41) is 1.00. The van der Waals surface area contributed by atoms with E-state index >= 15 is 0 Å². The normalized spacial score (nSPS) is 18.4. The highest BCUT2D eigenvalue weighted by atomic mass is 128. The van der Waals surface area contributed by atoms with Crippen LogP contribution in [0.4, 0.5) is 0 Å². The van der Waals surface area contributed by atoms with E-state index in [0.717, 1.165) is 22.2 Å². The van der Waals surface area contributed by atoms with Crippen molar-refractivity contribution in [3.63, 3.8) is 0 Å². The van der Waals surface area contributed by atoms with Crippen molar-refractivity contribution in [3.05, 3.63) is 63.4 Å². The number of carbonyl (C=O) groups is 1. The summed E-state index contributed by atoms with van der Waals surface area (Å²) >= 11 is 4.24. The van der Waals surface area contributed by atoms with Gasteiger partial charge in [-0.3, -0.25) is 9.36 Å². The standard InChI is InChI=1S/C23H23N2O6P.I2/c1-4-23(30-13-31-32(2,3)28)17-10-19-20-15(9-14-7-5-6-8-18(14)24-20)11-25(19)21(26)16(17)12-29-22(23)27;1-2/h5-10H,4,11-13H2,1-3H3;/t23-;/m0./s1. The molecule has 0 radical (unpaired) electrons. The van der Waals surface area contributed by atoms with Gasteiger partial charge in [-0.05, 0) is 24.6 Å². The number of hydrogen-bond donors (Lipinski definition) is 0. The summed E-state index contributed by atoms with van der Waals surface area (Å²) in [5.74, 6) is -0.591. The van der Waals surface area contributed by atoms with Crippen molar-refractivity contribution in [2.24, 2.45) is 0 Å². The summed E-state index contributed by atoms with van der Waals surface area (Å²) in [6.07, 6.45) is 0.223. The summed E-state index contributed by atoms with van der Waals surface area (Å²) in [6.45, 7) is 4.64. The lowest BCUT2D eigenvalue weighted by Crippen LogP contribution is -2.46. The van der Waals surface area contributed by atoms with Crippen LogP contribution in [0.2, 0.25) is 0 Å². The number of esters is 1. The lowest BCUT2D eigenvalue weighted by Gasteiger charge is -2.36. The first-order valence-electron chi connectivity index (χ1n) is 10.5. The first kappa shape index (κ1) is 25.7. The van der Waals surface area contributed by atoms with Crippen LogP contribution < -0.4 is 5.56 Å². The summed E-state index contributed by atoms with van der Waals surface area (Å²) in [5.41, 5.74) is 2.23. The third-order valence-electron chi connectivity index (χ3n) is 6.05. The topological polar surface area (TPSA) is 96.7 Å². The molecule has 0 aliphatic carbocycles. The Bertz CT molecular complexity index is 1390. The van der Waals surface area contributed by atoms with Gasteiger partial charge in [-0.2, -0.15) is 0 Å². The Balaban J connectivity index is 0.00000133. The minimum atomic E-state index is -2.82. The minimum Gasteiger partial charge on any atom is -0.458 e. The average Bonchev–Trinajstić information content (AvgIpc) is 3.17. The molecule has 11 heteroatoms. The molecule has 0 saturated heterocycles. The zero-order valence-electron chi connectivity index (χ0n) is 18.8. The summed E-state index contributed by atoms with van der Waals surface area (Å²) < 4.78 is 30.1. The molecule has 0 bridgehead atoms. The molecule has 5 rings (SSSR count). The van der Waals surface area contributed by atoms with Crippen LogP contribution in [0.25, 0.3) is 22.3 Å². The van der Waals surface area contributed by atoms with Crippen LogP contribution >= 0.6 is 44.6 Å². The highest BCUT2D eigenvalue weighted by Gasteiger charge is 2.48. The summed E-state index contributed by atoms with van der Waals surface area (Å²) in [6, 6.07) is 11.6. The van der Waals surface area contributed by atoms with Gasteiger partial charge in [0.05, 0.1) is 29.0 Å². The van der Waals surface area contributed by atoms with E-state index in [0.29, 0.717) is 23.4 Å². The van der Waals surface area contributed by atoms with Crippen LogP contribution in [0.1, 0.15) is 30.0 Å². The Labute approximate surface area is 220 Å². The van der Waals surface area contributed by atoms with Crippen molar-refractivity contribution in [1.29, 1.82) is 0 Å². The van der Waals surface area contributed by atoms with Gasteiger partial charge >= 0.3 is 5.97 Å². The maximum absolute atomic E-state index is 13.4. The lowest BCUT2D eigenvalue weighted by atomic mass is 9.85. The zero-order chi connectivity index (χ0) is 24.7. The number of benzene rings is 1. The lowest BCUT2D eigenvalue weighted by molar-refractivity contribution is -0.191. The molecule has 2 aliphatic heterocycles. The molecule has 2 aliphatic rings. The number of fused-ring (bicyclic) bond motifs is 5. The van der Waals surface area contributed by atoms with Crippen LogP contribution in [-0.4, -0.2) is 35.6 Å². The largest absolute Gasteiger partial charge is 0.458 e. The van der Waals surface area contributed by atoms with Crippen LogP contribution in [0, 0.1) is 0 Å². The monoisotopic (exact) mass is 708 g/mol. The number of halogens is 2. The van der Waals surface area contributed by atoms with Crippen molar-refractivity contribution in [2.45, 2.75) is 32.1 Å². The Morgan fingerprint density at radius 3 is 2.65 bits per heavy atom. The Kier molecular flexibility index (Phi) is 7.54. The molecule has 2 aromatic heterocycles. The maximum atomic E-state index is 13.4. The van der Waals surface area contributed by atoms with E-state index < -0.39 is 18.9 Å². The van der Waals surface area contributed by atoms with Crippen molar-refractivity contribution in [2.75, 3.05) is 20.1 Å². The van der Waals surface area contributed by atoms with Crippen molar-refractivity contribution in [1.82, 2.24) is 9.55 Å². The van der Waals surface area contributed by atoms with Gasteiger partial charge in [0.15, 0.2) is 19.8 Å². The second-order valence-corrected chi connectivity index (χ2v) is 11.2. The van der Waals surface area contributed by atoms with Crippen molar-refractivity contribution >= 4 is 61.5 Å². The molecule has 0 saturated carbocycles. The molecule has 0 unspecified atom stereocenters. The molecule has 3 aromatic rings. The number of rotatable bonds is 5. The predicted molar refractivity (Wildman–Crippen MR) is 147 cm³/mol. The average molecular weight is 708 g/mol. The molecule has 4 heterocycles. The quantitative estimate of drug-likeness (QED) is 0.119. The number of ether oxygens (including phenoxy) is 2. The van der Waals surface area contributed by atoms with Gasteiger partial charge in [0, 0.05) is 67.1 Å². The molecule has 8 nitrogen and oxygen atoms in total. The molecule has 1 atom stereocenters. The smallest absolute Gasteiger partial charge is 0.343 e. The number of para-hydroxylation sites is 1. The van der Waals surface area contributed by atoms with Crippen LogP contribution in [0.5, 0.6) is 0 Å². The van der Waals surface area contributed by atoms with E-state index in [-0.39, 0.29) is 25.4 Å². The third-order valence-corrected chi connectivity index (χ3v) is 6.78. The van der Waals surface area contributed by atoms with E-state index in [4.69, 9.17) is 19.0 Å². The Hall–Kier alpha value is -1.34. The van der Waals surface area contributed by atoms with Gasteiger partial charge in [0.25, 0.3) is 5.56 Å². The fourth-order valence-electron chi connectivity index (χ4n) is 4.41. The Morgan fingerprint density at radius 1 is 1.21 bits per heavy atom. The number of cyclic esters (lactones) is 1. The first-order chi connectivity index (χ1) is 16.2. The molecular weight excluding hydrogens is 685 g/mol. The highest BCUT2D eigenvalue weighted by molar-refractivity contribution is 15.0. The highest BCUT2D eigenvalue weighted by Crippen LogP contribution is 2.42. The number of hydrogen-bond acceptors (Lipinski definition) is 7. The molecule has 180 valence electrons. The summed E-state index contributed by atoms with van der Waals surface area (Å²) in [4.78, 5) is 31.1. The maximum Gasteiger partial charge on any atom is 0.343 e. The SMILES string of the molecule is CC[C@@]1(OCOP(C)(C)=O)C(=O)OCc2c1cc1n(c2=O)Cc2cc3ccccc3nc2-1.II. The van der Waals surface area contributed by atoms with E-state index in [1.54, 1.807) is 11.5 Å². The third kappa shape index (κ3) is 4.47. The van der Waals surface area contributed by atoms with Gasteiger partial charge in [0.1, 0.15) is 6.61 Å². The molecule has 34 heavy (non-hydrogen) atoms. The fourth-order valence-corrected chi connectivity index (χ4v) is 4.71.